The lowest BCUT2D eigenvalue weighted by Gasteiger charge is -2.26. The van der Waals surface area contributed by atoms with Gasteiger partial charge in [-0.2, -0.15) is 13.2 Å². The number of anilines is 1. The Labute approximate surface area is 243 Å². The fraction of sp³-hybridized carbons (Fsp3) is 0.310. The minimum atomic E-state index is -5.15. The lowest BCUT2D eigenvalue weighted by molar-refractivity contribution is -0.199. The van der Waals surface area contributed by atoms with Crippen LogP contribution in [-0.4, -0.2) is 81.9 Å². The van der Waals surface area contributed by atoms with E-state index >= 15 is 0 Å². The zero-order valence-corrected chi connectivity index (χ0v) is 23.4. The number of nitrogens with zero attached hydrogens (tertiary/aromatic N) is 2. The Balaban J connectivity index is 1.70. The normalized spacial score (nSPS) is 14.8. The first kappa shape index (κ1) is 31.1. The maximum atomic E-state index is 13.5. The van der Waals surface area contributed by atoms with Crippen LogP contribution in [0.25, 0.3) is 10.8 Å². The zero-order valence-electron chi connectivity index (χ0n) is 23.4. The third-order valence-electron chi connectivity index (χ3n) is 6.79. The third kappa shape index (κ3) is 6.48. The molecule has 0 saturated carbocycles. The molecule has 1 aliphatic heterocycles. The number of alkyl halides is 3. The summed E-state index contributed by atoms with van der Waals surface area (Å²) in [7, 11) is 4.07. The highest BCUT2D eigenvalue weighted by Crippen LogP contribution is 2.38. The van der Waals surface area contributed by atoms with E-state index in [1.54, 1.807) is 36.4 Å². The lowest BCUT2D eigenvalue weighted by atomic mass is 10.00. The smallest absolute Gasteiger partial charge is 0.490 e. The molecule has 0 spiro atoms. The summed E-state index contributed by atoms with van der Waals surface area (Å²) in [5, 5.41) is 1.36. The van der Waals surface area contributed by atoms with Crippen molar-refractivity contribution in [1.82, 2.24) is 4.90 Å². The molecule has 3 aromatic rings. The number of carbonyl (C=O) groups is 4. The monoisotopic (exact) mass is 603 g/mol. The minimum Gasteiger partial charge on any atom is -0.496 e. The Morgan fingerprint density at radius 2 is 1.86 bits per heavy atom. The fourth-order valence-corrected chi connectivity index (χ4v) is 4.58. The summed E-state index contributed by atoms with van der Waals surface area (Å²) < 4.78 is 57.7. The van der Waals surface area contributed by atoms with E-state index in [4.69, 9.17) is 19.9 Å². The van der Waals surface area contributed by atoms with Gasteiger partial charge in [-0.15, -0.1) is 0 Å². The fourth-order valence-electron chi connectivity index (χ4n) is 4.58. The highest BCUT2D eigenvalue weighted by atomic mass is 19.4. The van der Waals surface area contributed by atoms with Gasteiger partial charge < -0.3 is 34.5 Å². The number of halogens is 3. The van der Waals surface area contributed by atoms with Crippen LogP contribution in [0, 0.1) is 0 Å². The van der Waals surface area contributed by atoms with Crippen LogP contribution in [0.1, 0.15) is 26.3 Å². The molecule has 1 unspecified atom stereocenters. The Morgan fingerprint density at radius 1 is 1.12 bits per heavy atom. The van der Waals surface area contributed by atoms with Crippen LogP contribution in [0.5, 0.6) is 11.5 Å². The Hall–Kier alpha value is -4.85. The largest absolute Gasteiger partial charge is 0.496 e. The summed E-state index contributed by atoms with van der Waals surface area (Å²) in [6.07, 6.45) is -5.15. The predicted molar refractivity (Wildman–Crippen MR) is 147 cm³/mol. The molecular formula is C29H28F3N3O8. The number of fused-ring (bicyclic) bond motifs is 2. The standard InChI is InChI=1S/C29H28F3N3O8/c1-34(11-12-42-28(39)29(30,31)32)25(36)19-5-4-6-22-24(19)43-15-21(33)26(37)35(22)14-20-18-9-7-17(27(38)41-3)13-16(18)8-10-23(20)40-2/h4-10,13,21H,11-12,14-15,33H2,1-3H3. The van der Waals surface area contributed by atoms with Gasteiger partial charge in [0, 0.05) is 12.6 Å². The number of carbonyl (C=O) groups excluding carboxylic acids is 4. The molecule has 0 radical (unpaired) electrons. The molecule has 14 heteroatoms. The second-order valence-electron chi connectivity index (χ2n) is 9.53. The molecule has 0 aromatic heterocycles. The Kier molecular flexibility index (Phi) is 9.09. The van der Waals surface area contributed by atoms with Gasteiger partial charge in [-0.25, -0.2) is 9.59 Å². The molecule has 2 amide bonds. The second kappa shape index (κ2) is 12.6. The lowest BCUT2D eigenvalue weighted by Crippen LogP contribution is -2.45. The average molecular weight is 604 g/mol. The van der Waals surface area contributed by atoms with Gasteiger partial charge in [-0.05, 0) is 41.1 Å². The van der Waals surface area contributed by atoms with E-state index in [2.05, 4.69) is 4.74 Å². The van der Waals surface area contributed by atoms with E-state index in [-0.39, 0.29) is 36.7 Å². The van der Waals surface area contributed by atoms with Gasteiger partial charge in [0.15, 0.2) is 5.75 Å². The quantitative estimate of drug-likeness (QED) is 0.385. The van der Waals surface area contributed by atoms with E-state index in [1.165, 1.54) is 38.3 Å². The molecule has 0 aliphatic carbocycles. The van der Waals surface area contributed by atoms with Crippen LogP contribution < -0.4 is 20.1 Å². The SMILES string of the molecule is COC(=O)c1ccc2c(CN3C(=O)C(N)COc4c(C(=O)N(C)CCOC(=O)C(F)(F)F)cccc43)c(OC)ccc2c1. The van der Waals surface area contributed by atoms with Crippen LogP contribution in [-0.2, 0) is 25.6 Å². The summed E-state index contributed by atoms with van der Waals surface area (Å²) in [5.41, 5.74) is 7.30. The van der Waals surface area contributed by atoms with Crippen LogP contribution in [0.4, 0.5) is 18.9 Å². The highest BCUT2D eigenvalue weighted by Gasteiger charge is 2.41. The number of benzene rings is 3. The number of amides is 2. The molecule has 228 valence electrons. The van der Waals surface area contributed by atoms with Gasteiger partial charge in [0.1, 0.15) is 25.0 Å². The van der Waals surface area contributed by atoms with Crippen molar-refractivity contribution in [3.8, 4) is 11.5 Å². The molecule has 4 rings (SSSR count). The van der Waals surface area contributed by atoms with Crippen molar-refractivity contribution in [1.29, 1.82) is 0 Å². The molecule has 2 N–H and O–H groups in total. The molecule has 0 fully saturated rings. The van der Waals surface area contributed by atoms with E-state index < -0.39 is 42.6 Å². The first-order chi connectivity index (χ1) is 20.4. The first-order valence-electron chi connectivity index (χ1n) is 12.9. The van der Waals surface area contributed by atoms with Gasteiger partial charge in [0.2, 0.25) is 5.91 Å². The highest BCUT2D eigenvalue weighted by molar-refractivity contribution is 6.05. The number of para-hydroxylation sites is 1. The number of esters is 2. The molecule has 1 heterocycles. The van der Waals surface area contributed by atoms with Crippen LogP contribution in [0.2, 0.25) is 0 Å². The number of likely N-dealkylation sites (N-methyl/N-ethyl adjacent to an activating group) is 1. The van der Waals surface area contributed by atoms with Crippen LogP contribution in [0.3, 0.4) is 0 Å². The molecule has 0 bridgehead atoms. The van der Waals surface area contributed by atoms with E-state index in [0.29, 0.717) is 27.6 Å². The molecule has 1 atom stereocenters. The van der Waals surface area contributed by atoms with Crippen molar-refractivity contribution < 1.29 is 51.3 Å². The molecule has 3 aromatic carbocycles. The van der Waals surface area contributed by atoms with Crippen molar-refractivity contribution in [2.75, 3.05) is 45.9 Å². The minimum absolute atomic E-state index is 0.0154. The topological polar surface area (TPSA) is 138 Å². The Morgan fingerprint density at radius 3 is 2.53 bits per heavy atom. The Bertz CT molecular complexity index is 1580. The van der Waals surface area contributed by atoms with E-state index in [9.17, 15) is 32.3 Å². The van der Waals surface area contributed by atoms with E-state index in [1.807, 2.05) is 0 Å². The summed E-state index contributed by atoms with van der Waals surface area (Å²) in [6, 6.07) is 11.8. The summed E-state index contributed by atoms with van der Waals surface area (Å²) in [6.45, 7) is -1.34. The van der Waals surface area contributed by atoms with Gasteiger partial charge in [0.25, 0.3) is 5.91 Å². The van der Waals surface area contributed by atoms with E-state index in [0.717, 1.165) is 4.90 Å². The third-order valence-corrected chi connectivity index (χ3v) is 6.79. The average Bonchev–Trinajstić information content (AvgIpc) is 3.11. The molecule has 43 heavy (non-hydrogen) atoms. The molecule has 11 nitrogen and oxygen atoms in total. The van der Waals surface area contributed by atoms with Gasteiger partial charge in [0.05, 0.1) is 44.1 Å². The van der Waals surface area contributed by atoms with Crippen molar-refractivity contribution >= 4 is 40.2 Å². The number of ether oxygens (including phenoxy) is 4. The maximum absolute atomic E-state index is 13.5. The van der Waals surface area contributed by atoms with Crippen LogP contribution in [0.15, 0.2) is 48.5 Å². The van der Waals surface area contributed by atoms with Gasteiger partial charge >= 0.3 is 18.1 Å². The summed E-state index contributed by atoms with van der Waals surface area (Å²) >= 11 is 0. The molecular weight excluding hydrogens is 575 g/mol. The molecule has 1 aliphatic rings. The summed E-state index contributed by atoms with van der Waals surface area (Å²) in [5.74, 6) is -3.53. The van der Waals surface area contributed by atoms with Crippen LogP contribution >= 0.6 is 0 Å². The summed E-state index contributed by atoms with van der Waals surface area (Å²) in [4.78, 5) is 52.3. The van der Waals surface area contributed by atoms with Crippen molar-refractivity contribution in [2.45, 2.75) is 18.8 Å². The number of hydrogen-bond acceptors (Lipinski definition) is 9. The predicted octanol–water partition coefficient (Wildman–Crippen LogP) is 3.07. The second-order valence-corrected chi connectivity index (χ2v) is 9.53. The van der Waals surface area contributed by atoms with Crippen molar-refractivity contribution in [3.63, 3.8) is 0 Å². The van der Waals surface area contributed by atoms with Gasteiger partial charge in [-0.3, -0.25) is 9.59 Å². The number of hydrogen-bond donors (Lipinski definition) is 1. The zero-order chi connectivity index (χ0) is 31.5. The van der Waals surface area contributed by atoms with Gasteiger partial charge in [-0.1, -0.05) is 18.2 Å². The molecule has 0 saturated heterocycles. The first-order valence-corrected chi connectivity index (χ1v) is 12.9. The van der Waals surface area contributed by atoms with Crippen molar-refractivity contribution in [3.05, 3.63) is 65.2 Å². The van der Waals surface area contributed by atoms with Crippen molar-refractivity contribution in [2.24, 2.45) is 5.73 Å². The number of nitrogens with two attached hydrogens (primary N) is 1. The maximum Gasteiger partial charge on any atom is 0.490 e. The number of rotatable bonds is 8. The number of methoxy groups -OCH3 is 2.